The van der Waals surface area contributed by atoms with Crippen LogP contribution in [0.3, 0.4) is 0 Å². The summed E-state index contributed by atoms with van der Waals surface area (Å²) in [6.07, 6.45) is 1.72. The van der Waals surface area contributed by atoms with Crippen LogP contribution in [0.25, 0.3) is 0 Å². The van der Waals surface area contributed by atoms with E-state index in [9.17, 15) is 0 Å². The van der Waals surface area contributed by atoms with Gasteiger partial charge >= 0.3 is 0 Å². The summed E-state index contributed by atoms with van der Waals surface area (Å²) < 4.78 is 1.12. The van der Waals surface area contributed by atoms with Gasteiger partial charge in [0, 0.05) is 27.7 Å². The number of nitrogens with one attached hydrogen (secondary N) is 1. The molecule has 2 rings (SSSR count). The number of benzene rings is 1. The van der Waals surface area contributed by atoms with E-state index in [0.29, 0.717) is 0 Å². The molecule has 0 aliphatic heterocycles. The number of halogens is 1. The third-order valence-electron chi connectivity index (χ3n) is 3.40. The fourth-order valence-electron chi connectivity index (χ4n) is 2.08. The van der Waals surface area contributed by atoms with Crippen LogP contribution in [-0.4, -0.2) is 11.0 Å². The Labute approximate surface area is 139 Å². The molecular formula is C16H22BrN3S. The van der Waals surface area contributed by atoms with Crippen LogP contribution in [-0.2, 0) is 18.3 Å². The summed E-state index contributed by atoms with van der Waals surface area (Å²) in [7, 11) is 0. The predicted molar refractivity (Wildman–Crippen MR) is 93.5 cm³/mol. The van der Waals surface area contributed by atoms with Crippen LogP contribution in [0.4, 0.5) is 0 Å². The van der Waals surface area contributed by atoms with Crippen molar-refractivity contribution in [2.75, 3.05) is 0 Å². The van der Waals surface area contributed by atoms with Crippen molar-refractivity contribution < 1.29 is 0 Å². The van der Waals surface area contributed by atoms with Crippen LogP contribution < -0.4 is 11.3 Å². The van der Waals surface area contributed by atoms with Crippen LogP contribution >= 0.6 is 27.3 Å². The molecule has 1 atom stereocenters. The van der Waals surface area contributed by atoms with Gasteiger partial charge in [0.25, 0.3) is 0 Å². The molecule has 0 fully saturated rings. The highest BCUT2D eigenvalue weighted by Crippen LogP contribution is 2.25. The van der Waals surface area contributed by atoms with Crippen LogP contribution in [0.15, 0.2) is 34.1 Å². The minimum atomic E-state index is 0.100. The molecule has 0 spiro atoms. The van der Waals surface area contributed by atoms with Gasteiger partial charge in [-0.1, -0.05) is 54.9 Å². The first-order valence-electron chi connectivity index (χ1n) is 7.04. The summed E-state index contributed by atoms with van der Waals surface area (Å²) in [6.45, 7) is 6.56. The van der Waals surface area contributed by atoms with Crippen LogP contribution in [0.1, 0.15) is 37.0 Å². The molecule has 0 aliphatic rings. The maximum absolute atomic E-state index is 5.72. The quantitative estimate of drug-likeness (QED) is 0.623. The van der Waals surface area contributed by atoms with E-state index >= 15 is 0 Å². The lowest BCUT2D eigenvalue weighted by atomic mass is 9.93. The van der Waals surface area contributed by atoms with E-state index in [2.05, 4.69) is 65.7 Å². The monoisotopic (exact) mass is 367 g/mol. The number of aromatic nitrogens is 1. The van der Waals surface area contributed by atoms with Gasteiger partial charge in [-0.15, -0.1) is 11.3 Å². The van der Waals surface area contributed by atoms with Crippen molar-refractivity contribution in [2.45, 2.75) is 45.1 Å². The minimum absolute atomic E-state index is 0.100. The Kier molecular flexibility index (Phi) is 5.54. The van der Waals surface area contributed by atoms with Gasteiger partial charge in [-0.3, -0.25) is 11.3 Å². The molecule has 114 valence electrons. The standard InChI is InChI=1S/C16H22BrN3S/c1-16(2,3)14-10-21-15(19-14)9-12(20-18)8-11-6-4-5-7-13(11)17/h4-7,10,12,20H,8-9,18H2,1-3H3. The Hall–Kier alpha value is -0.750. The molecule has 0 radical (unpaired) electrons. The van der Waals surface area contributed by atoms with Crippen molar-refractivity contribution in [3.63, 3.8) is 0 Å². The Morgan fingerprint density at radius 1 is 1.29 bits per heavy atom. The predicted octanol–water partition coefficient (Wildman–Crippen LogP) is 3.82. The van der Waals surface area contributed by atoms with E-state index < -0.39 is 0 Å². The Bertz CT molecular complexity index is 589. The summed E-state index contributed by atoms with van der Waals surface area (Å²) in [5.41, 5.74) is 5.43. The van der Waals surface area contributed by atoms with Gasteiger partial charge in [-0.05, 0) is 18.1 Å². The number of hydrogen-bond acceptors (Lipinski definition) is 4. The molecule has 2 aromatic rings. The molecular weight excluding hydrogens is 346 g/mol. The second kappa shape index (κ2) is 7.01. The molecule has 1 heterocycles. The van der Waals surface area contributed by atoms with Crippen LogP contribution in [0.5, 0.6) is 0 Å². The van der Waals surface area contributed by atoms with Crippen molar-refractivity contribution in [1.29, 1.82) is 0 Å². The molecule has 1 aromatic carbocycles. The molecule has 1 aromatic heterocycles. The molecule has 3 N–H and O–H groups in total. The lowest BCUT2D eigenvalue weighted by molar-refractivity contribution is 0.516. The molecule has 3 nitrogen and oxygen atoms in total. The zero-order chi connectivity index (χ0) is 15.5. The van der Waals surface area contributed by atoms with E-state index in [1.165, 1.54) is 5.56 Å². The summed E-state index contributed by atoms with van der Waals surface area (Å²) in [4.78, 5) is 4.74. The molecule has 0 saturated carbocycles. The Balaban J connectivity index is 2.06. The average Bonchev–Trinajstić information content (AvgIpc) is 2.89. The maximum atomic E-state index is 5.72. The number of nitrogens with two attached hydrogens (primary N) is 1. The summed E-state index contributed by atoms with van der Waals surface area (Å²) in [6, 6.07) is 8.44. The Morgan fingerprint density at radius 3 is 2.57 bits per heavy atom. The fraction of sp³-hybridized carbons (Fsp3) is 0.438. The first-order valence-corrected chi connectivity index (χ1v) is 8.72. The molecule has 21 heavy (non-hydrogen) atoms. The largest absolute Gasteiger partial charge is 0.271 e. The van der Waals surface area contributed by atoms with E-state index in [1.54, 1.807) is 11.3 Å². The first-order chi connectivity index (χ1) is 9.90. The maximum Gasteiger partial charge on any atom is 0.0944 e. The fourth-order valence-corrected chi connectivity index (χ4v) is 3.63. The average molecular weight is 368 g/mol. The topological polar surface area (TPSA) is 50.9 Å². The minimum Gasteiger partial charge on any atom is -0.271 e. The zero-order valence-corrected chi connectivity index (χ0v) is 15.1. The summed E-state index contributed by atoms with van der Waals surface area (Å²) >= 11 is 5.30. The van der Waals surface area contributed by atoms with E-state index in [4.69, 9.17) is 10.8 Å². The summed E-state index contributed by atoms with van der Waals surface area (Å²) in [5.74, 6) is 5.72. The van der Waals surface area contributed by atoms with Crippen molar-refractivity contribution in [3.8, 4) is 0 Å². The summed E-state index contributed by atoms with van der Waals surface area (Å²) in [5, 5.41) is 3.29. The van der Waals surface area contributed by atoms with Crippen molar-refractivity contribution >= 4 is 27.3 Å². The smallest absolute Gasteiger partial charge is 0.0944 e. The molecule has 1 unspecified atom stereocenters. The van der Waals surface area contributed by atoms with Gasteiger partial charge in [0.15, 0.2) is 0 Å². The van der Waals surface area contributed by atoms with Gasteiger partial charge in [0.2, 0.25) is 0 Å². The van der Waals surface area contributed by atoms with Gasteiger partial charge < -0.3 is 0 Å². The number of hydrazine groups is 1. The SMILES string of the molecule is CC(C)(C)c1csc(CC(Cc2ccccc2Br)NN)n1. The third kappa shape index (κ3) is 4.61. The van der Waals surface area contributed by atoms with E-state index in [1.807, 2.05) is 6.07 Å². The van der Waals surface area contributed by atoms with Crippen LogP contribution in [0.2, 0.25) is 0 Å². The highest BCUT2D eigenvalue weighted by Gasteiger charge is 2.19. The highest BCUT2D eigenvalue weighted by atomic mass is 79.9. The molecule has 0 amide bonds. The first kappa shape index (κ1) is 16.6. The molecule has 5 heteroatoms. The highest BCUT2D eigenvalue weighted by molar-refractivity contribution is 9.10. The van der Waals surface area contributed by atoms with Crippen LogP contribution in [0, 0.1) is 0 Å². The van der Waals surface area contributed by atoms with Crippen molar-refractivity contribution in [3.05, 3.63) is 50.4 Å². The molecule has 0 saturated heterocycles. The number of nitrogens with zero attached hydrogens (tertiary/aromatic N) is 1. The number of rotatable bonds is 5. The van der Waals surface area contributed by atoms with E-state index in [-0.39, 0.29) is 11.5 Å². The lowest BCUT2D eigenvalue weighted by Gasteiger charge is -2.16. The van der Waals surface area contributed by atoms with Gasteiger partial charge in [0.05, 0.1) is 10.7 Å². The number of thiazole rings is 1. The normalized spacial score (nSPS) is 13.4. The number of hydrogen-bond donors (Lipinski definition) is 2. The van der Waals surface area contributed by atoms with E-state index in [0.717, 1.165) is 28.0 Å². The zero-order valence-electron chi connectivity index (χ0n) is 12.7. The van der Waals surface area contributed by atoms with Crippen molar-refractivity contribution in [2.24, 2.45) is 5.84 Å². The Morgan fingerprint density at radius 2 is 2.00 bits per heavy atom. The van der Waals surface area contributed by atoms with Gasteiger partial charge in [-0.2, -0.15) is 0 Å². The third-order valence-corrected chi connectivity index (χ3v) is 5.05. The van der Waals surface area contributed by atoms with Gasteiger partial charge in [-0.25, -0.2) is 4.98 Å². The van der Waals surface area contributed by atoms with Crippen molar-refractivity contribution in [1.82, 2.24) is 10.4 Å². The second-order valence-corrected chi connectivity index (χ2v) is 8.04. The lowest BCUT2D eigenvalue weighted by Crippen LogP contribution is -2.38. The molecule has 0 aliphatic carbocycles. The molecule has 0 bridgehead atoms. The second-order valence-electron chi connectivity index (χ2n) is 6.24. The van der Waals surface area contributed by atoms with Gasteiger partial charge in [0.1, 0.15) is 0 Å².